The first kappa shape index (κ1) is 18.0. The summed E-state index contributed by atoms with van der Waals surface area (Å²) >= 11 is 0. The Morgan fingerprint density at radius 2 is 1.90 bits per heavy atom. The van der Waals surface area contributed by atoms with Crippen molar-refractivity contribution < 1.29 is 14.7 Å². The molecule has 0 bridgehead atoms. The third-order valence-corrected chi connectivity index (χ3v) is 3.88. The van der Waals surface area contributed by atoms with Crippen molar-refractivity contribution in [3.05, 3.63) is 29.8 Å². The maximum absolute atomic E-state index is 10.2. The number of para-hydroxylation sites is 1. The molecule has 0 spiro atoms. The van der Waals surface area contributed by atoms with E-state index in [4.69, 9.17) is 4.74 Å². The molecule has 2 atom stereocenters. The molecule has 0 amide bonds. The second kappa shape index (κ2) is 9.80. The van der Waals surface area contributed by atoms with Crippen LogP contribution in [-0.4, -0.2) is 37.5 Å². The number of nitrogens with one attached hydrogen (secondary N) is 1. The SMILES string of the molecule is CCCC[NH+](CC)C[C@@H](O)COc1ccccc1C(C)C. The van der Waals surface area contributed by atoms with Gasteiger partial charge in [0, 0.05) is 0 Å². The lowest BCUT2D eigenvalue weighted by Gasteiger charge is -2.21. The van der Waals surface area contributed by atoms with Crippen LogP contribution >= 0.6 is 0 Å². The summed E-state index contributed by atoms with van der Waals surface area (Å²) < 4.78 is 5.85. The van der Waals surface area contributed by atoms with E-state index in [9.17, 15) is 5.11 Å². The number of hydrogen-bond donors (Lipinski definition) is 2. The zero-order valence-electron chi connectivity index (χ0n) is 14.1. The molecular formula is C18H32NO2+. The van der Waals surface area contributed by atoms with Crippen LogP contribution in [0.25, 0.3) is 0 Å². The predicted octanol–water partition coefficient (Wildman–Crippen LogP) is 2.25. The van der Waals surface area contributed by atoms with Crippen LogP contribution in [0.5, 0.6) is 5.75 Å². The Morgan fingerprint density at radius 1 is 1.19 bits per heavy atom. The van der Waals surface area contributed by atoms with Gasteiger partial charge in [0.15, 0.2) is 0 Å². The fourth-order valence-electron chi connectivity index (χ4n) is 2.52. The first-order chi connectivity index (χ1) is 10.1. The number of ether oxygens (including phenoxy) is 1. The number of quaternary nitrogens is 1. The summed E-state index contributed by atoms with van der Waals surface area (Å²) in [4.78, 5) is 1.45. The Kier molecular flexibility index (Phi) is 8.40. The van der Waals surface area contributed by atoms with Gasteiger partial charge in [0.25, 0.3) is 0 Å². The van der Waals surface area contributed by atoms with Gasteiger partial charge in [0.2, 0.25) is 0 Å². The highest BCUT2D eigenvalue weighted by Gasteiger charge is 2.15. The number of aliphatic hydroxyl groups excluding tert-OH is 1. The number of benzene rings is 1. The molecule has 2 N–H and O–H groups in total. The van der Waals surface area contributed by atoms with Gasteiger partial charge in [-0.2, -0.15) is 0 Å². The van der Waals surface area contributed by atoms with E-state index < -0.39 is 6.10 Å². The van der Waals surface area contributed by atoms with E-state index in [0.29, 0.717) is 12.5 Å². The molecule has 0 saturated heterocycles. The highest BCUT2D eigenvalue weighted by Crippen LogP contribution is 2.25. The van der Waals surface area contributed by atoms with E-state index >= 15 is 0 Å². The molecule has 1 aromatic rings. The van der Waals surface area contributed by atoms with Crippen LogP contribution in [0.2, 0.25) is 0 Å². The van der Waals surface area contributed by atoms with Crippen molar-refractivity contribution in [1.29, 1.82) is 0 Å². The smallest absolute Gasteiger partial charge is 0.137 e. The number of aliphatic hydroxyl groups is 1. The van der Waals surface area contributed by atoms with Crippen molar-refractivity contribution in [3.63, 3.8) is 0 Å². The van der Waals surface area contributed by atoms with Crippen LogP contribution in [0, 0.1) is 0 Å². The minimum absolute atomic E-state index is 0.374. The monoisotopic (exact) mass is 294 g/mol. The molecule has 21 heavy (non-hydrogen) atoms. The van der Waals surface area contributed by atoms with Crippen LogP contribution in [-0.2, 0) is 0 Å². The average molecular weight is 294 g/mol. The highest BCUT2D eigenvalue weighted by atomic mass is 16.5. The van der Waals surface area contributed by atoms with Crippen molar-refractivity contribution in [2.75, 3.05) is 26.2 Å². The second-order valence-corrected chi connectivity index (χ2v) is 6.07. The zero-order chi connectivity index (χ0) is 15.7. The molecule has 3 nitrogen and oxygen atoms in total. The molecule has 0 radical (unpaired) electrons. The summed E-state index contributed by atoms with van der Waals surface area (Å²) in [6, 6.07) is 8.10. The fourth-order valence-corrected chi connectivity index (χ4v) is 2.52. The van der Waals surface area contributed by atoms with Gasteiger partial charge in [0.1, 0.15) is 25.0 Å². The van der Waals surface area contributed by atoms with Crippen molar-refractivity contribution >= 4 is 0 Å². The topological polar surface area (TPSA) is 33.9 Å². The molecule has 3 heteroatoms. The Bertz CT molecular complexity index is 393. The molecule has 0 aliphatic rings. The molecule has 0 aromatic heterocycles. The van der Waals surface area contributed by atoms with Crippen molar-refractivity contribution in [2.24, 2.45) is 0 Å². The van der Waals surface area contributed by atoms with Gasteiger partial charge in [0.05, 0.1) is 13.1 Å². The molecule has 0 fully saturated rings. The Labute approximate surface area is 129 Å². The summed E-state index contributed by atoms with van der Waals surface area (Å²) in [5.41, 5.74) is 1.20. The van der Waals surface area contributed by atoms with Gasteiger partial charge >= 0.3 is 0 Å². The lowest BCUT2D eigenvalue weighted by Crippen LogP contribution is -3.13. The molecule has 1 rings (SSSR count). The van der Waals surface area contributed by atoms with Crippen molar-refractivity contribution in [2.45, 2.75) is 52.6 Å². The molecule has 0 aliphatic carbocycles. The molecule has 1 aromatic carbocycles. The van der Waals surface area contributed by atoms with Crippen LogP contribution < -0.4 is 9.64 Å². The van der Waals surface area contributed by atoms with Gasteiger partial charge in [-0.3, -0.25) is 0 Å². The largest absolute Gasteiger partial charge is 0.490 e. The maximum atomic E-state index is 10.2. The van der Waals surface area contributed by atoms with Gasteiger partial charge in [-0.1, -0.05) is 45.4 Å². The minimum Gasteiger partial charge on any atom is -0.490 e. The molecule has 0 heterocycles. The van der Waals surface area contributed by atoms with E-state index in [1.807, 2.05) is 18.2 Å². The Balaban J connectivity index is 2.47. The second-order valence-electron chi connectivity index (χ2n) is 6.07. The molecule has 0 aliphatic heterocycles. The van der Waals surface area contributed by atoms with Crippen LogP contribution in [0.4, 0.5) is 0 Å². The van der Waals surface area contributed by atoms with E-state index in [1.165, 1.54) is 23.3 Å². The van der Waals surface area contributed by atoms with Gasteiger partial charge in [-0.15, -0.1) is 0 Å². The summed E-state index contributed by atoms with van der Waals surface area (Å²) in [5.74, 6) is 1.33. The lowest BCUT2D eigenvalue weighted by atomic mass is 10.0. The number of hydrogen-bond acceptors (Lipinski definition) is 2. The van der Waals surface area contributed by atoms with Crippen molar-refractivity contribution in [1.82, 2.24) is 0 Å². The summed E-state index contributed by atoms with van der Waals surface area (Å²) in [5, 5.41) is 10.2. The van der Waals surface area contributed by atoms with E-state index in [-0.39, 0.29) is 0 Å². The third-order valence-electron chi connectivity index (χ3n) is 3.88. The predicted molar refractivity (Wildman–Crippen MR) is 88.2 cm³/mol. The highest BCUT2D eigenvalue weighted by molar-refractivity contribution is 5.35. The van der Waals surface area contributed by atoms with Crippen LogP contribution in [0.15, 0.2) is 24.3 Å². The standard InChI is InChI=1S/C18H31NO2/c1-5-7-12-19(6-2)13-16(20)14-21-18-11-9-8-10-17(18)15(3)4/h8-11,15-16,20H,5-7,12-14H2,1-4H3/p+1/t16-/m1/s1. The number of likely N-dealkylation sites (N-methyl/N-ethyl adjacent to an activating group) is 1. The molecule has 120 valence electrons. The Morgan fingerprint density at radius 3 is 2.52 bits per heavy atom. The molecule has 0 saturated carbocycles. The summed E-state index contributed by atoms with van der Waals surface area (Å²) in [6.07, 6.45) is 2.02. The van der Waals surface area contributed by atoms with E-state index in [2.05, 4.69) is 33.8 Å². The normalized spacial score (nSPS) is 14.2. The lowest BCUT2D eigenvalue weighted by molar-refractivity contribution is -0.901. The Hall–Kier alpha value is -1.06. The first-order valence-corrected chi connectivity index (χ1v) is 8.31. The maximum Gasteiger partial charge on any atom is 0.137 e. The fraction of sp³-hybridized carbons (Fsp3) is 0.667. The summed E-state index contributed by atoms with van der Waals surface area (Å²) in [6.45, 7) is 12.0. The first-order valence-electron chi connectivity index (χ1n) is 8.31. The molecule has 1 unspecified atom stereocenters. The minimum atomic E-state index is -0.406. The number of rotatable bonds is 10. The van der Waals surface area contributed by atoms with Crippen LogP contribution in [0.3, 0.4) is 0 Å². The quantitative estimate of drug-likeness (QED) is 0.694. The van der Waals surface area contributed by atoms with Gasteiger partial charge in [-0.05, 0) is 30.9 Å². The van der Waals surface area contributed by atoms with Crippen LogP contribution in [0.1, 0.15) is 52.0 Å². The van der Waals surface area contributed by atoms with E-state index in [1.54, 1.807) is 0 Å². The molecular weight excluding hydrogens is 262 g/mol. The summed E-state index contributed by atoms with van der Waals surface area (Å²) in [7, 11) is 0. The average Bonchev–Trinajstić information content (AvgIpc) is 2.49. The third kappa shape index (κ3) is 6.49. The number of unbranched alkanes of at least 4 members (excludes halogenated alkanes) is 1. The zero-order valence-corrected chi connectivity index (χ0v) is 14.1. The van der Waals surface area contributed by atoms with E-state index in [0.717, 1.165) is 25.4 Å². The van der Waals surface area contributed by atoms with Crippen molar-refractivity contribution in [3.8, 4) is 5.75 Å². The van der Waals surface area contributed by atoms with Gasteiger partial charge in [-0.25, -0.2) is 0 Å². The van der Waals surface area contributed by atoms with Gasteiger partial charge < -0.3 is 14.7 Å².